The van der Waals surface area contributed by atoms with Crippen LogP contribution in [0.2, 0.25) is 0 Å². The Hall–Kier alpha value is -5.92. The summed E-state index contributed by atoms with van der Waals surface area (Å²) >= 11 is 3.13. The molecule has 1 aliphatic heterocycles. The maximum atomic E-state index is 13.5. The summed E-state index contributed by atoms with van der Waals surface area (Å²) in [6.45, 7) is 0.912. The number of aromatic nitrogens is 1. The summed E-state index contributed by atoms with van der Waals surface area (Å²) in [5.74, 6) is 1.80. The molecule has 14 nitrogen and oxygen atoms in total. The smallest absolute Gasteiger partial charge is 0.321 e. The molecule has 0 unspecified atom stereocenters. The van der Waals surface area contributed by atoms with Crippen LogP contribution in [0.25, 0.3) is 0 Å². The summed E-state index contributed by atoms with van der Waals surface area (Å²) in [5, 5.41) is 25.4. The SMILES string of the molecule is CN=C(NC#N)NCCSCc1csc(NC(N)=NCc2cccc(NC(=O)N[C@@H]3N=C(c4ccccc4)c4ccccc4N(C)C3=O)c2)n1. The highest BCUT2D eigenvalue weighted by Gasteiger charge is 2.31. The number of nitriles is 1. The number of nitrogens with zero attached hydrogens (tertiary/aromatic N) is 6. The largest absolute Gasteiger partial charge is 0.370 e. The molecule has 0 fully saturated rings. The number of fused-ring (bicyclic) bond motifs is 1. The second-order valence-corrected chi connectivity index (χ2v) is 12.7. The van der Waals surface area contributed by atoms with Gasteiger partial charge in [-0.3, -0.25) is 15.1 Å². The molecule has 4 aromatic rings. The molecule has 0 spiro atoms. The molecule has 1 aliphatic rings. The number of carbonyl (C=O) groups is 2. The summed E-state index contributed by atoms with van der Waals surface area (Å²) in [6, 6.07) is 23.7. The predicted octanol–water partition coefficient (Wildman–Crippen LogP) is 3.91. The molecule has 1 atom stereocenters. The van der Waals surface area contributed by atoms with Gasteiger partial charge in [-0.05, 0) is 23.8 Å². The normalized spacial score (nSPS) is 14.5. The maximum Gasteiger partial charge on any atom is 0.321 e. The molecule has 0 saturated heterocycles. The number of carbonyl (C=O) groups excluding carboxylic acids is 2. The van der Waals surface area contributed by atoms with Crippen molar-refractivity contribution in [3.8, 4) is 6.19 Å². The lowest BCUT2D eigenvalue weighted by Crippen LogP contribution is -2.47. The van der Waals surface area contributed by atoms with Gasteiger partial charge in [0, 0.05) is 54.3 Å². The fourth-order valence-corrected chi connectivity index (χ4v) is 6.46. The molecule has 7 N–H and O–H groups in total. The first kappa shape index (κ1) is 35.4. The van der Waals surface area contributed by atoms with E-state index in [2.05, 4.69) is 41.6 Å². The number of anilines is 3. The molecule has 3 aromatic carbocycles. The number of rotatable bonds is 11. The lowest BCUT2D eigenvalue weighted by atomic mass is 10.0. The van der Waals surface area contributed by atoms with Gasteiger partial charge in [-0.25, -0.2) is 19.8 Å². The average molecular weight is 709 g/mol. The fourth-order valence-electron chi connectivity index (χ4n) is 4.89. The maximum absolute atomic E-state index is 13.5. The number of para-hydroxylation sites is 1. The zero-order chi connectivity index (χ0) is 35.3. The second kappa shape index (κ2) is 17.5. The van der Waals surface area contributed by atoms with Gasteiger partial charge in [0.1, 0.15) is 0 Å². The van der Waals surface area contributed by atoms with E-state index >= 15 is 0 Å². The lowest BCUT2D eigenvalue weighted by Gasteiger charge is -2.21. The van der Waals surface area contributed by atoms with Crippen LogP contribution in [-0.4, -0.2) is 67.1 Å². The van der Waals surface area contributed by atoms with E-state index < -0.39 is 12.2 Å². The van der Waals surface area contributed by atoms with Crippen molar-refractivity contribution in [3.05, 3.63) is 107 Å². The molecule has 1 aromatic heterocycles. The summed E-state index contributed by atoms with van der Waals surface area (Å²) in [4.78, 5) is 45.8. The van der Waals surface area contributed by atoms with Gasteiger partial charge in [0.25, 0.3) is 5.91 Å². The molecule has 0 saturated carbocycles. The van der Waals surface area contributed by atoms with Crippen molar-refractivity contribution in [3.63, 3.8) is 0 Å². The Bertz CT molecular complexity index is 1940. The number of amides is 3. The molecule has 2 heterocycles. The third-order valence-electron chi connectivity index (χ3n) is 7.25. The van der Waals surface area contributed by atoms with E-state index in [1.54, 1.807) is 44.1 Å². The highest BCUT2D eigenvalue weighted by molar-refractivity contribution is 7.98. The van der Waals surface area contributed by atoms with E-state index in [1.807, 2.05) is 72.2 Å². The Kier molecular flexibility index (Phi) is 12.4. The average Bonchev–Trinajstić information content (AvgIpc) is 3.54. The van der Waals surface area contributed by atoms with Gasteiger partial charge in [0.2, 0.25) is 12.1 Å². The fraction of sp³-hybridized carbons (Fsp3) is 0.206. The third-order valence-corrected chi connectivity index (χ3v) is 9.05. The zero-order valence-electron chi connectivity index (χ0n) is 27.4. The highest BCUT2D eigenvalue weighted by atomic mass is 32.2. The van der Waals surface area contributed by atoms with Crippen molar-refractivity contribution in [1.29, 1.82) is 5.26 Å². The van der Waals surface area contributed by atoms with Crippen LogP contribution >= 0.6 is 23.1 Å². The first-order valence-electron chi connectivity index (χ1n) is 15.5. The number of aliphatic imine (C=N–C) groups is 3. The van der Waals surface area contributed by atoms with Crippen LogP contribution in [0.4, 0.5) is 21.3 Å². The minimum absolute atomic E-state index is 0.208. The Morgan fingerprint density at radius 2 is 1.90 bits per heavy atom. The molecular weight excluding hydrogens is 673 g/mol. The first-order chi connectivity index (χ1) is 24.3. The topological polar surface area (TPSA) is 197 Å². The number of likely N-dealkylation sites (N-methyl/N-ethyl adjacent to an activating group) is 1. The lowest BCUT2D eigenvalue weighted by molar-refractivity contribution is -0.119. The van der Waals surface area contributed by atoms with Crippen molar-refractivity contribution in [2.45, 2.75) is 18.5 Å². The summed E-state index contributed by atoms with van der Waals surface area (Å²) < 4.78 is 0. The number of urea groups is 1. The van der Waals surface area contributed by atoms with Crippen LogP contribution in [0.1, 0.15) is 22.4 Å². The van der Waals surface area contributed by atoms with Gasteiger partial charge < -0.3 is 31.9 Å². The number of hydrogen-bond acceptors (Lipinski definition) is 9. The molecular formula is C34H36N12O2S2. The van der Waals surface area contributed by atoms with E-state index in [-0.39, 0.29) is 18.4 Å². The van der Waals surface area contributed by atoms with Crippen molar-refractivity contribution < 1.29 is 9.59 Å². The number of thioether (sulfide) groups is 1. The number of thiazole rings is 1. The molecule has 16 heteroatoms. The molecule has 5 rings (SSSR count). The van der Waals surface area contributed by atoms with E-state index in [4.69, 9.17) is 16.0 Å². The van der Waals surface area contributed by atoms with E-state index in [0.29, 0.717) is 40.5 Å². The van der Waals surface area contributed by atoms with Crippen LogP contribution in [0, 0.1) is 11.5 Å². The van der Waals surface area contributed by atoms with Crippen LogP contribution in [0.15, 0.2) is 99.2 Å². The molecule has 0 bridgehead atoms. The zero-order valence-corrected chi connectivity index (χ0v) is 29.0. The minimum Gasteiger partial charge on any atom is -0.370 e. The van der Waals surface area contributed by atoms with Gasteiger partial charge in [-0.1, -0.05) is 60.7 Å². The number of hydrogen-bond donors (Lipinski definition) is 6. The monoisotopic (exact) mass is 708 g/mol. The van der Waals surface area contributed by atoms with Gasteiger partial charge in [-0.15, -0.1) is 11.3 Å². The molecule has 50 heavy (non-hydrogen) atoms. The third kappa shape index (κ3) is 9.58. The quantitative estimate of drug-likeness (QED) is 0.0440. The summed E-state index contributed by atoms with van der Waals surface area (Å²) in [7, 11) is 3.28. The molecule has 3 amide bonds. The van der Waals surface area contributed by atoms with Gasteiger partial charge >= 0.3 is 6.03 Å². The Balaban J connectivity index is 1.15. The Morgan fingerprint density at radius 3 is 2.70 bits per heavy atom. The highest BCUT2D eigenvalue weighted by Crippen LogP contribution is 2.27. The minimum atomic E-state index is -1.15. The Labute approximate surface area is 298 Å². The van der Waals surface area contributed by atoms with Gasteiger partial charge in [-0.2, -0.15) is 17.0 Å². The van der Waals surface area contributed by atoms with Crippen LogP contribution < -0.4 is 37.2 Å². The predicted molar refractivity (Wildman–Crippen MR) is 202 cm³/mol. The van der Waals surface area contributed by atoms with Gasteiger partial charge in [0.05, 0.1) is 23.6 Å². The van der Waals surface area contributed by atoms with E-state index in [0.717, 1.165) is 28.1 Å². The van der Waals surface area contributed by atoms with Crippen LogP contribution in [0.3, 0.4) is 0 Å². The van der Waals surface area contributed by atoms with Crippen molar-refractivity contribution in [1.82, 2.24) is 20.9 Å². The summed E-state index contributed by atoms with van der Waals surface area (Å²) in [5.41, 5.74) is 11.3. The van der Waals surface area contributed by atoms with Crippen LogP contribution in [-0.2, 0) is 17.1 Å². The second-order valence-electron chi connectivity index (χ2n) is 10.7. The summed E-state index contributed by atoms with van der Waals surface area (Å²) in [6.07, 6.45) is 0.690. The standard InChI is InChI=1S/C34H36N12O2S2/c1-37-32(40-21-35)38-15-16-49-19-25-20-50-34(42-25)45-31(36)39-18-22-9-8-12-24(17-22)41-33(48)44-29-30(47)46(2)27-14-7-6-13-26(27)28(43-29)23-10-4-3-5-11-23/h3-14,17,20,29H,15-16,18-19H2,1-2H3,(H2,37,38,40)(H2,41,44,48)(H3,36,39,42,45)/t29-/m0/s1. The number of benzene rings is 3. The van der Waals surface area contributed by atoms with Crippen molar-refractivity contribution in [2.24, 2.45) is 20.7 Å². The van der Waals surface area contributed by atoms with Crippen molar-refractivity contribution in [2.75, 3.05) is 41.9 Å². The first-order valence-corrected chi connectivity index (χ1v) is 17.5. The van der Waals surface area contributed by atoms with Crippen LogP contribution in [0.5, 0.6) is 0 Å². The molecule has 0 aliphatic carbocycles. The number of nitrogens with one attached hydrogen (secondary N) is 5. The van der Waals surface area contributed by atoms with E-state index in [9.17, 15) is 9.59 Å². The van der Waals surface area contributed by atoms with Gasteiger partial charge in [0.15, 0.2) is 17.3 Å². The molecule has 256 valence electrons. The molecule has 0 radical (unpaired) electrons. The number of guanidine groups is 2. The number of nitrogens with two attached hydrogens (primary N) is 1. The van der Waals surface area contributed by atoms with Crippen molar-refractivity contribution >= 4 is 69.2 Å². The number of benzodiazepines with no additional fused rings is 1. The van der Waals surface area contributed by atoms with E-state index in [1.165, 1.54) is 16.2 Å². The Morgan fingerprint density at radius 1 is 1.10 bits per heavy atom.